The summed E-state index contributed by atoms with van der Waals surface area (Å²) in [7, 11) is 2.11. The van der Waals surface area contributed by atoms with E-state index in [1.165, 1.54) is 12.3 Å². The molecule has 19 heavy (non-hydrogen) atoms. The minimum absolute atomic E-state index is 0.189. The molecule has 2 rings (SSSR count). The highest BCUT2D eigenvalue weighted by Crippen LogP contribution is 2.21. The minimum atomic E-state index is -0.316. The van der Waals surface area contributed by atoms with Crippen molar-refractivity contribution < 1.29 is 9.13 Å². The van der Waals surface area contributed by atoms with Gasteiger partial charge in [-0.1, -0.05) is 6.92 Å². The second kappa shape index (κ2) is 6.82. The van der Waals surface area contributed by atoms with Gasteiger partial charge in [-0.25, -0.2) is 9.37 Å². The van der Waals surface area contributed by atoms with Gasteiger partial charge in [0.05, 0.1) is 6.20 Å². The number of pyridine rings is 1. The summed E-state index contributed by atoms with van der Waals surface area (Å²) >= 11 is 0. The number of halogens is 1. The van der Waals surface area contributed by atoms with Gasteiger partial charge in [-0.05, 0) is 32.5 Å². The van der Waals surface area contributed by atoms with Crippen LogP contribution in [-0.4, -0.2) is 42.7 Å². The van der Waals surface area contributed by atoms with Crippen molar-refractivity contribution in [2.45, 2.75) is 32.4 Å². The normalized spacial score (nSPS) is 17.6. The number of hydrogen-bond donors (Lipinski definition) is 1. The van der Waals surface area contributed by atoms with Gasteiger partial charge in [0.25, 0.3) is 0 Å². The summed E-state index contributed by atoms with van der Waals surface area (Å²) < 4.78 is 19.2. The summed E-state index contributed by atoms with van der Waals surface area (Å²) in [5.74, 6) is 0.250. The van der Waals surface area contributed by atoms with Crippen LogP contribution in [0.3, 0.4) is 0 Å². The Labute approximate surface area is 114 Å². The van der Waals surface area contributed by atoms with Crippen LogP contribution in [0, 0.1) is 5.82 Å². The van der Waals surface area contributed by atoms with Crippen molar-refractivity contribution in [1.82, 2.24) is 15.2 Å². The topological polar surface area (TPSA) is 37.4 Å². The lowest BCUT2D eigenvalue weighted by Gasteiger charge is -2.29. The van der Waals surface area contributed by atoms with E-state index in [-0.39, 0.29) is 11.9 Å². The van der Waals surface area contributed by atoms with Crippen molar-refractivity contribution >= 4 is 0 Å². The molecule has 4 nitrogen and oxygen atoms in total. The van der Waals surface area contributed by atoms with Gasteiger partial charge < -0.3 is 15.0 Å². The molecular weight excluding hydrogens is 245 g/mol. The maximum Gasteiger partial charge on any atom is 0.218 e. The zero-order valence-corrected chi connectivity index (χ0v) is 11.7. The first kappa shape index (κ1) is 14.2. The van der Waals surface area contributed by atoms with E-state index in [0.29, 0.717) is 12.4 Å². The highest BCUT2D eigenvalue weighted by Gasteiger charge is 2.19. The molecular formula is C14H22FN3O. The van der Waals surface area contributed by atoms with Crippen LogP contribution >= 0.6 is 0 Å². The van der Waals surface area contributed by atoms with Crippen molar-refractivity contribution in [3.63, 3.8) is 0 Å². The van der Waals surface area contributed by atoms with Gasteiger partial charge in [0.15, 0.2) is 0 Å². The van der Waals surface area contributed by atoms with E-state index in [9.17, 15) is 4.39 Å². The van der Waals surface area contributed by atoms with Crippen LogP contribution in [-0.2, 0) is 6.54 Å². The summed E-state index contributed by atoms with van der Waals surface area (Å²) in [5.41, 5.74) is 0.792. The zero-order chi connectivity index (χ0) is 13.7. The monoisotopic (exact) mass is 267 g/mol. The molecule has 1 aromatic rings. The van der Waals surface area contributed by atoms with E-state index in [1.807, 2.05) is 6.92 Å². The third-order valence-electron chi connectivity index (χ3n) is 3.40. The van der Waals surface area contributed by atoms with E-state index in [4.69, 9.17) is 4.74 Å². The molecule has 0 unspecified atom stereocenters. The summed E-state index contributed by atoms with van der Waals surface area (Å²) in [6.07, 6.45) is 3.40. The van der Waals surface area contributed by atoms with Gasteiger partial charge in [0.2, 0.25) is 5.88 Å². The first-order valence-electron chi connectivity index (χ1n) is 6.89. The second-order valence-corrected chi connectivity index (χ2v) is 5.02. The first-order valence-corrected chi connectivity index (χ1v) is 6.89. The molecule has 5 heteroatoms. The molecule has 1 fully saturated rings. The number of ether oxygens (including phenoxy) is 1. The lowest BCUT2D eigenvalue weighted by molar-refractivity contribution is 0.108. The number of nitrogens with one attached hydrogen (secondary N) is 1. The van der Waals surface area contributed by atoms with Gasteiger partial charge in [-0.15, -0.1) is 0 Å². The smallest absolute Gasteiger partial charge is 0.218 e. The fourth-order valence-corrected chi connectivity index (χ4v) is 2.22. The maximum absolute atomic E-state index is 13.3. The minimum Gasteiger partial charge on any atom is -0.474 e. The molecule has 1 aromatic heterocycles. The van der Waals surface area contributed by atoms with Crippen LogP contribution in [0.1, 0.15) is 25.3 Å². The van der Waals surface area contributed by atoms with Crippen molar-refractivity contribution in [2.24, 2.45) is 0 Å². The molecule has 0 radical (unpaired) electrons. The van der Waals surface area contributed by atoms with E-state index >= 15 is 0 Å². The summed E-state index contributed by atoms with van der Waals surface area (Å²) in [6, 6.07) is 1.50. The Hall–Kier alpha value is -1.20. The van der Waals surface area contributed by atoms with Crippen molar-refractivity contribution in [2.75, 3.05) is 26.7 Å². The standard InChI is InChI=1S/C14H22FN3O/c1-3-16-9-11-8-12(15)10-17-14(11)19-13-4-6-18(2)7-5-13/h8,10,13,16H,3-7,9H2,1-2H3. The highest BCUT2D eigenvalue weighted by molar-refractivity contribution is 5.26. The summed E-state index contributed by atoms with van der Waals surface area (Å²) in [6.45, 7) is 5.51. The number of piperidine rings is 1. The Morgan fingerprint density at radius 1 is 1.47 bits per heavy atom. The molecule has 1 N–H and O–H groups in total. The molecule has 0 aliphatic carbocycles. The van der Waals surface area contributed by atoms with Crippen molar-refractivity contribution in [3.8, 4) is 5.88 Å². The third kappa shape index (κ3) is 4.14. The summed E-state index contributed by atoms with van der Waals surface area (Å²) in [4.78, 5) is 6.38. The SMILES string of the molecule is CCNCc1cc(F)cnc1OC1CCN(C)CC1. The fourth-order valence-electron chi connectivity index (χ4n) is 2.22. The van der Waals surface area contributed by atoms with Crippen LogP contribution < -0.4 is 10.1 Å². The maximum atomic E-state index is 13.3. The Balaban J connectivity index is 2.02. The van der Waals surface area contributed by atoms with Crippen LogP contribution in [0.5, 0.6) is 5.88 Å². The lowest BCUT2D eigenvalue weighted by Crippen LogP contribution is -2.36. The van der Waals surface area contributed by atoms with E-state index < -0.39 is 0 Å². The van der Waals surface area contributed by atoms with Gasteiger partial charge in [0.1, 0.15) is 11.9 Å². The molecule has 0 saturated carbocycles. The average Bonchev–Trinajstić information content (AvgIpc) is 2.41. The number of rotatable bonds is 5. The van der Waals surface area contributed by atoms with Crippen LogP contribution in [0.2, 0.25) is 0 Å². The number of likely N-dealkylation sites (tertiary alicyclic amines) is 1. The van der Waals surface area contributed by atoms with Crippen LogP contribution in [0.15, 0.2) is 12.3 Å². The van der Waals surface area contributed by atoms with Crippen LogP contribution in [0.4, 0.5) is 4.39 Å². The molecule has 1 saturated heterocycles. The molecule has 1 aliphatic heterocycles. The second-order valence-electron chi connectivity index (χ2n) is 5.02. The number of nitrogens with zero attached hydrogens (tertiary/aromatic N) is 2. The Morgan fingerprint density at radius 3 is 2.89 bits per heavy atom. The molecule has 106 valence electrons. The van der Waals surface area contributed by atoms with Crippen molar-refractivity contribution in [1.29, 1.82) is 0 Å². The summed E-state index contributed by atoms with van der Waals surface area (Å²) in [5, 5.41) is 3.18. The third-order valence-corrected chi connectivity index (χ3v) is 3.40. The zero-order valence-electron chi connectivity index (χ0n) is 11.7. The van der Waals surface area contributed by atoms with E-state index in [0.717, 1.165) is 38.0 Å². The molecule has 2 heterocycles. The van der Waals surface area contributed by atoms with E-state index in [1.54, 1.807) is 0 Å². The van der Waals surface area contributed by atoms with Gasteiger partial charge >= 0.3 is 0 Å². The molecule has 1 aliphatic rings. The molecule has 0 aromatic carbocycles. The molecule has 0 spiro atoms. The van der Waals surface area contributed by atoms with Gasteiger partial charge in [-0.2, -0.15) is 0 Å². The number of aromatic nitrogens is 1. The lowest BCUT2D eigenvalue weighted by atomic mass is 10.1. The Morgan fingerprint density at radius 2 is 2.21 bits per heavy atom. The van der Waals surface area contributed by atoms with Gasteiger partial charge in [0, 0.05) is 25.2 Å². The van der Waals surface area contributed by atoms with Crippen molar-refractivity contribution in [3.05, 3.63) is 23.6 Å². The quantitative estimate of drug-likeness (QED) is 0.883. The largest absolute Gasteiger partial charge is 0.474 e. The highest BCUT2D eigenvalue weighted by atomic mass is 19.1. The number of hydrogen-bond acceptors (Lipinski definition) is 4. The average molecular weight is 267 g/mol. The predicted molar refractivity (Wildman–Crippen MR) is 72.7 cm³/mol. The first-order chi connectivity index (χ1) is 9.19. The van der Waals surface area contributed by atoms with Crippen LogP contribution in [0.25, 0.3) is 0 Å². The molecule has 0 bridgehead atoms. The molecule has 0 amide bonds. The van der Waals surface area contributed by atoms with E-state index in [2.05, 4.69) is 22.2 Å². The Kier molecular flexibility index (Phi) is 5.10. The molecule has 0 atom stereocenters. The fraction of sp³-hybridized carbons (Fsp3) is 0.643. The Bertz CT molecular complexity index is 406. The predicted octanol–water partition coefficient (Wildman–Crippen LogP) is 1.80. The van der Waals surface area contributed by atoms with Gasteiger partial charge in [-0.3, -0.25) is 0 Å².